The second-order valence-electron chi connectivity index (χ2n) is 4.32. The van der Waals surface area contributed by atoms with E-state index in [0.29, 0.717) is 0 Å². The van der Waals surface area contributed by atoms with Gasteiger partial charge in [0.05, 0.1) is 13.2 Å². The van der Waals surface area contributed by atoms with E-state index in [9.17, 15) is 5.11 Å². The molecule has 0 saturated heterocycles. The maximum atomic E-state index is 10.2. The summed E-state index contributed by atoms with van der Waals surface area (Å²) in [5.74, 6) is 0.780. The molecule has 1 aromatic rings. The molecule has 96 valence electrons. The number of aliphatic hydroxyl groups excluding tert-OH is 1. The van der Waals surface area contributed by atoms with Crippen LogP contribution in [0.4, 0.5) is 0 Å². The fourth-order valence-corrected chi connectivity index (χ4v) is 1.73. The molecule has 0 heterocycles. The van der Waals surface area contributed by atoms with Crippen LogP contribution in [0.1, 0.15) is 38.4 Å². The lowest BCUT2D eigenvalue weighted by molar-refractivity contribution is 0.135. The molecule has 0 aliphatic heterocycles. The lowest BCUT2D eigenvalue weighted by Crippen LogP contribution is -2.32. The molecule has 0 aliphatic rings. The Morgan fingerprint density at radius 2 is 2.18 bits per heavy atom. The van der Waals surface area contributed by atoms with Crippen molar-refractivity contribution in [2.24, 2.45) is 0 Å². The highest BCUT2D eigenvalue weighted by molar-refractivity contribution is 5.30. The summed E-state index contributed by atoms with van der Waals surface area (Å²) in [6.07, 6.45) is 1.80. The van der Waals surface area contributed by atoms with Crippen molar-refractivity contribution in [3.05, 3.63) is 29.8 Å². The quantitative estimate of drug-likeness (QED) is 0.716. The molecule has 0 aliphatic carbocycles. The minimum absolute atomic E-state index is 0.0497. The summed E-state index contributed by atoms with van der Waals surface area (Å²) in [6.45, 7) is 5.10. The second kappa shape index (κ2) is 7.30. The number of benzene rings is 1. The van der Waals surface area contributed by atoms with Crippen molar-refractivity contribution in [2.45, 2.75) is 38.8 Å². The number of ether oxygens (including phenoxy) is 1. The number of unbranched alkanes of at least 4 members (excludes halogenated alkanes) is 1. The highest BCUT2D eigenvalue weighted by Gasteiger charge is 2.15. The third-order valence-corrected chi connectivity index (χ3v) is 2.91. The number of methoxy groups -OCH3 is 1. The Kier molecular flexibility index (Phi) is 6.01. The molecule has 17 heavy (non-hydrogen) atoms. The predicted octanol–water partition coefficient (Wildman–Crippen LogP) is 2.51. The van der Waals surface area contributed by atoms with Crippen molar-refractivity contribution in [1.29, 1.82) is 0 Å². The molecule has 0 saturated carbocycles. The smallest absolute Gasteiger partial charge is 0.119 e. The van der Waals surface area contributed by atoms with Crippen LogP contribution in [0.3, 0.4) is 0 Å². The van der Waals surface area contributed by atoms with Crippen LogP contribution in [0, 0.1) is 0 Å². The van der Waals surface area contributed by atoms with Gasteiger partial charge in [0.1, 0.15) is 5.75 Å². The fraction of sp³-hybridized carbons (Fsp3) is 0.571. The molecular formula is C14H23NO2. The molecule has 0 aromatic heterocycles. The lowest BCUT2D eigenvalue weighted by Gasteiger charge is -2.21. The Morgan fingerprint density at radius 1 is 1.41 bits per heavy atom. The zero-order chi connectivity index (χ0) is 12.7. The monoisotopic (exact) mass is 237 g/mol. The van der Waals surface area contributed by atoms with Gasteiger partial charge in [0.2, 0.25) is 0 Å². The molecule has 0 radical (unpaired) electrons. The fourth-order valence-electron chi connectivity index (χ4n) is 1.73. The van der Waals surface area contributed by atoms with Gasteiger partial charge < -0.3 is 15.2 Å². The van der Waals surface area contributed by atoms with Gasteiger partial charge in [0.15, 0.2) is 0 Å². The maximum absolute atomic E-state index is 10.2. The average Bonchev–Trinajstić information content (AvgIpc) is 2.38. The largest absolute Gasteiger partial charge is 0.497 e. The topological polar surface area (TPSA) is 41.5 Å². The zero-order valence-corrected chi connectivity index (χ0v) is 10.9. The molecule has 3 nitrogen and oxygen atoms in total. The van der Waals surface area contributed by atoms with Gasteiger partial charge in [-0.15, -0.1) is 0 Å². The summed E-state index contributed by atoms with van der Waals surface area (Å²) in [4.78, 5) is 0. The first-order valence-corrected chi connectivity index (χ1v) is 6.24. The number of hydrogen-bond donors (Lipinski definition) is 2. The number of hydrogen-bond acceptors (Lipinski definition) is 3. The Morgan fingerprint density at radius 3 is 2.82 bits per heavy atom. The van der Waals surface area contributed by atoms with E-state index in [0.717, 1.165) is 30.7 Å². The molecule has 0 fully saturated rings. The predicted molar refractivity (Wildman–Crippen MR) is 70.3 cm³/mol. The van der Waals surface area contributed by atoms with Crippen molar-refractivity contribution >= 4 is 0 Å². The molecule has 2 atom stereocenters. The standard InChI is InChI=1S/C14H23NO2/c1-4-5-9-15-11(2)14(16)12-7-6-8-13(10-12)17-3/h6-8,10-11,14-16H,4-5,9H2,1-3H3. The zero-order valence-electron chi connectivity index (χ0n) is 10.9. The van der Waals surface area contributed by atoms with Crippen LogP contribution in [0.25, 0.3) is 0 Å². The summed E-state index contributed by atoms with van der Waals surface area (Å²) in [6, 6.07) is 7.63. The SMILES string of the molecule is CCCCNC(C)C(O)c1cccc(OC)c1. The van der Waals surface area contributed by atoms with Crippen LogP contribution in [0.15, 0.2) is 24.3 Å². The Balaban J connectivity index is 2.57. The summed E-state index contributed by atoms with van der Waals surface area (Å²) >= 11 is 0. The normalized spacial score (nSPS) is 14.4. The van der Waals surface area contributed by atoms with Crippen molar-refractivity contribution in [3.8, 4) is 5.75 Å². The summed E-state index contributed by atoms with van der Waals surface area (Å²) in [5.41, 5.74) is 0.890. The Hall–Kier alpha value is -1.06. The van der Waals surface area contributed by atoms with E-state index in [2.05, 4.69) is 12.2 Å². The van der Waals surface area contributed by atoms with Gasteiger partial charge in [-0.2, -0.15) is 0 Å². The van der Waals surface area contributed by atoms with E-state index in [-0.39, 0.29) is 6.04 Å². The molecule has 2 unspecified atom stereocenters. The maximum Gasteiger partial charge on any atom is 0.119 e. The first kappa shape index (κ1) is 14.0. The van der Waals surface area contributed by atoms with Gasteiger partial charge in [-0.25, -0.2) is 0 Å². The van der Waals surface area contributed by atoms with Gasteiger partial charge in [0, 0.05) is 6.04 Å². The van der Waals surface area contributed by atoms with Crippen LogP contribution in [-0.4, -0.2) is 24.8 Å². The highest BCUT2D eigenvalue weighted by Crippen LogP contribution is 2.21. The van der Waals surface area contributed by atoms with Crippen molar-refractivity contribution in [2.75, 3.05) is 13.7 Å². The molecular weight excluding hydrogens is 214 g/mol. The lowest BCUT2D eigenvalue weighted by atomic mass is 10.0. The Bertz CT molecular complexity index is 328. The first-order valence-electron chi connectivity index (χ1n) is 6.24. The van der Waals surface area contributed by atoms with Gasteiger partial charge >= 0.3 is 0 Å². The van der Waals surface area contributed by atoms with Gasteiger partial charge in [-0.05, 0) is 37.6 Å². The summed E-state index contributed by atoms with van der Waals surface area (Å²) < 4.78 is 5.15. The first-order chi connectivity index (χ1) is 8.19. The van der Waals surface area contributed by atoms with Gasteiger partial charge in [-0.3, -0.25) is 0 Å². The van der Waals surface area contributed by atoms with Crippen molar-refractivity contribution in [3.63, 3.8) is 0 Å². The van der Waals surface area contributed by atoms with Crippen LogP contribution in [0.2, 0.25) is 0 Å². The summed E-state index contributed by atoms with van der Waals surface area (Å²) in [7, 11) is 1.63. The van der Waals surface area contributed by atoms with E-state index in [1.165, 1.54) is 0 Å². The van der Waals surface area contributed by atoms with E-state index >= 15 is 0 Å². The van der Waals surface area contributed by atoms with Crippen LogP contribution < -0.4 is 10.1 Å². The molecule has 3 heteroatoms. The summed E-state index contributed by atoms with van der Waals surface area (Å²) in [5, 5.41) is 13.5. The van der Waals surface area contributed by atoms with Gasteiger partial charge in [-0.1, -0.05) is 25.5 Å². The molecule has 1 aromatic carbocycles. The number of nitrogens with one attached hydrogen (secondary N) is 1. The number of aliphatic hydroxyl groups is 1. The molecule has 1 rings (SSSR count). The van der Waals surface area contributed by atoms with E-state index < -0.39 is 6.10 Å². The second-order valence-corrected chi connectivity index (χ2v) is 4.32. The van der Waals surface area contributed by atoms with Crippen molar-refractivity contribution < 1.29 is 9.84 Å². The minimum atomic E-state index is -0.498. The third-order valence-electron chi connectivity index (χ3n) is 2.91. The van der Waals surface area contributed by atoms with E-state index in [1.54, 1.807) is 7.11 Å². The molecule has 0 spiro atoms. The minimum Gasteiger partial charge on any atom is -0.497 e. The molecule has 0 bridgehead atoms. The molecule has 0 amide bonds. The van der Waals surface area contributed by atoms with Crippen molar-refractivity contribution in [1.82, 2.24) is 5.32 Å². The van der Waals surface area contributed by atoms with E-state index in [1.807, 2.05) is 31.2 Å². The average molecular weight is 237 g/mol. The highest BCUT2D eigenvalue weighted by atomic mass is 16.5. The van der Waals surface area contributed by atoms with Crippen LogP contribution in [-0.2, 0) is 0 Å². The third kappa shape index (κ3) is 4.36. The van der Waals surface area contributed by atoms with E-state index in [4.69, 9.17) is 4.74 Å². The number of rotatable bonds is 7. The van der Waals surface area contributed by atoms with Crippen LogP contribution in [0.5, 0.6) is 5.75 Å². The molecule has 2 N–H and O–H groups in total. The Labute approximate surface area is 104 Å². The van der Waals surface area contributed by atoms with Crippen LogP contribution >= 0.6 is 0 Å². The van der Waals surface area contributed by atoms with Gasteiger partial charge in [0.25, 0.3) is 0 Å².